The summed E-state index contributed by atoms with van der Waals surface area (Å²) in [4.78, 5) is 0. The van der Waals surface area contributed by atoms with Gasteiger partial charge in [-0.15, -0.1) is 0 Å². The van der Waals surface area contributed by atoms with Crippen LogP contribution in [-0.2, 0) is 4.74 Å². The summed E-state index contributed by atoms with van der Waals surface area (Å²) in [7, 11) is 1.72. The van der Waals surface area contributed by atoms with Crippen molar-refractivity contribution in [3.05, 3.63) is 28.2 Å². The molecule has 0 amide bonds. The van der Waals surface area contributed by atoms with Gasteiger partial charge in [-0.25, -0.2) is 0 Å². The Labute approximate surface area is 130 Å². The van der Waals surface area contributed by atoms with Gasteiger partial charge in [0.1, 0.15) is 11.9 Å². The zero-order valence-electron chi connectivity index (χ0n) is 12.5. The number of halogens is 1. The first-order valence-electron chi connectivity index (χ1n) is 7.28. The fourth-order valence-corrected chi connectivity index (χ4v) is 2.54. The van der Waals surface area contributed by atoms with Crippen molar-refractivity contribution in [2.45, 2.75) is 44.8 Å². The minimum atomic E-state index is 0.0549. The van der Waals surface area contributed by atoms with Gasteiger partial charge in [0.15, 0.2) is 0 Å². The standard InChI is InChI=1S/C16H24BrNO2/c1-11(2)15-8-12(17)4-7-16(15)20-14(10-19-3)9-18-13-5-6-13/h4,7-8,11,13-14,18H,5-6,9-10H2,1-3H3. The molecule has 1 fully saturated rings. The summed E-state index contributed by atoms with van der Waals surface area (Å²) in [6, 6.07) is 6.89. The summed E-state index contributed by atoms with van der Waals surface area (Å²) in [5.41, 5.74) is 1.23. The third-order valence-corrected chi connectivity index (χ3v) is 3.94. The first kappa shape index (κ1) is 15.8. The molecule has 0 radical (unpaired) electrons. The Bertz CT molecular complexity index is 432. The van der Waals surface area contributed by atoms with Crippen LogP contribution >= 0.6 is 15.9 Å². The molecular weight excluding hydrogens is 318 g/mol. The average Bonchev–Trinajstić information content (AvgIpc) is 3.22. The number of methoxy groups -OCH3 is 1. The number of ether oxygens (including phenoxy) is 2. The van der Waals surface area contributed by atoms with Crippen LogP contribution in [0, 0.1) is 0 Å². The lowest BCUT2D eigenvalue weighted by atomic mass is 10.0. The molecule has 1 aromatic carbocycles. The second kappa shape index (κ2) is 7.43. The number of benzene rings is 1. The molecule has 0 heterocycles. The van der Waals surface area contributed by atoms with Gasteiger partial charge in [0.05, 0.1) is 6.61 Å². The number of hydrogen-bond donors (Lipinski definition) is 1. The van der Waals surface area contributed by atoms with Crippen LogP contribution in [-0.4, -0.2) is 32.4 Å². The lowest BCUT2D eigenvalue weighted by molar-refractivity contribution is 0.0795. The normalized spacial score (nSPS) is 16.4. The molecule has 1 N–H and O–H groups in total. The number of hydrogen-bond acceptors (Lipinski definition) is 3. The second-order valence-electron chi connectivity index (χ2n) is 5.71. The SMILES string of the molecule is COCC(CNC1CC1)Oc1ccc(Br)cc1C(C)C. The molecule has 112 valence electrons. The quantitative estimate of drug-likeness (QED) is 0.781. The van der Waals surface area contributed by atoms with E-state index in [1.807, 2.05) is 12.1 Å². The van der Waals surface area contributed by atoms with Crippen molar-refractivity contribution in [3.8, 4) is 5.75 Å². The topological polar surface area (TPSA) is 30.5 Å². The molecule has 1 aliphatic carbocycles. The number of nitrogens with one attached hydrogen (secondary N) is 1. The van der Waals surface area contributed by atoms with Crippen molar-refractivity contribution in [2.24, 2.45) is 0 Å². The molecule has 0 aliphatic heterocycles. The molecule has 4 heteroatoms. The first-order chi connectivity index (χ1) is 9.60. The Kier molecular flexibility index (Phi) is 5.87. The van der Waals surface area contributed by atoms with E-state index in [4.69, 9.17) is 9.47 Å². The van der Waals surface area contributed by atoms with Crippen LogP contribution in [0.2, 0.25) is 0 Å². The van der Waals surface area contributed by atoms with Crippen molar-refractivity contribution in [1.29, 1.82) is 0 Å². The van der Waals surface area contributed by atoms with Crippen LogP contribution in [0.25, 0.3) is 0 Å². The molecule has 1 saturated carbocycles. The Morgan fingerprint density at radius 2 is 2.10 bits per heavy atom. The van der Waals surface area contributed by atoms with E-state index in [0.29, 0.717) is 18.6 Å². The van der Waals surface area contributed by atoms with Gasteiger partial charge in [0.25, 0.3) is 0 Å². The van der Waals surface area contributed by atoms with Crippen LogP contribution in [0.1, 0.15) is 38.2 Å². The maximum Gasteiger partial charge on any atom is 0.134 e. The molecule has 20 heavy (non-hydrogen) atoms. The highest BCUT2D eigenvalue weighted by atomic mass is 79.9. The molecule has 0 saturated heterocycles. The van der Waals surface area contributed by atoms with Gasteiger partial charge >= 0.3 is 0 Å². The lowest BCUT2D eigenvalue weighted by Crippen LogP contribution is -2.36. The molecule has 1 aliphatic rings. The predicted octanol–water partition coefficient (Wildman–Crippen LogP) is 3.72. The van der Waals surface area contributed by atoms with E-state index < -0.39 is 0 Å². The third-order valence-electron chi connectivity index (χ3n) is 3.45. The fraction of sp³-hybridized carbons (Fsp3) is 0.625. The minimum Gasteiger partial charge on any atom is -0.486 e. The molecule has 0 bridgehead atoms. The van der Waals surface area contributed by atoms with Gasteiger partial charge in [0.2, 0.25) is 0 Å². The van der Waals surface area contributed by atoms with E-state index in [2.05, 4.69) is 41.2 Å². The van der Waals surface area contributed by atoms with E-state index >= 15 is 0 Å². The van der Waals surface area contributed by atoms with Crippen LogP contribution in [0.3, 0.4) is 0 Å². The summed E-state index contributed by atoms with van der Waals surface area (Å²) in [6.07, 6.45) is 2.63. The van der Waals surface area contributed by atoms with Gasteiger partial charge in [-0.05, 0) is 42.5 Å². The summed E-state index contributed by atoms with van der Waals surface area (Å²) in [5.74, 6) is 1.39. The Balaban J connectivity index is 2.03. The zero-order valence-corrected chi connectivity index (χ0v) is 14.1. The smallest absolute Gasteiger partial charge is 0.134 e. The van der Waals surface area contributed by atoms with E-state index in [0.717, 1.165) is 16.8 Å². The molecule has 1 aromatic rings. The van der Waals surface area contributed by atoms with Crippen LogP contribution in [0.15, 0.2) is 22.7 Å². The lowest BCUT2D eigenvalue weighted by Gasteiger charge is -2.22. The van der Waals surface area contributed by atoms with E-state index in [1.165, 1.54) is 18.4 Å². The van der Waals surface area contributed by atoms with Crippen molar-refractivity contribution in [1.82, 2.24) is 5.32 Å². The Morgan fingerprint density at radius 3 is 2.70 bits per heavy atom. The molecule has 2 rings (SSSR count). The fourth-order valence-electron chi connectivity index (χ4n) is 2.16. The van der Waals surface area contributed by atoms with E-state index in [9.17, 15) is 0 Å². The largest absolute Gasteiger partial charge is 0.486 e. The molecular formula is C16H24BrNO2. The molecule has 3 nitrogen and oxygen atoms in total. The second-order valence-corrected chi connectivity index (χ2v) is 6.63. The highest BCUT2D eigenvalue weighted by molar-refractivity contribution is 9.10. The van der Waals surface area contributed by atoms with Crippen molar-refractivity contribution in [3.63, 3.8) is 0 Å². The zero-order chi connectivity index (χ0) is 14.5. The monoisotopic (exact) mass is 341 g/mol. The summed E-state index contributed by atoms with van der Waals surface area (Å²) < 4.78 is 12.5. The minimum absolute atomic E-state index is 0.0549. The van der Waals surface area contributed by atoms with Crippen LogP contribution in [0.4, 0.5) is 0 Å². The van der Waals surface area contributed by atoms with Gasteiger partial charge in [-0.3, -0.25) is 0 Å². The van der Waals surface area contributed by atoms with Gasteiger partial charge in [-0.1, -0.05) is 29.8 Å². The first-order valence-corrected chi connectivity index (χ1v) is 8.08. The highest BCUT2D eigenvalue weighted by Gasteiger charge is 2.23. The Hall–Kier alpha value is -0.580. The third kappa shape index (κ3) is 4.76. The highest BCUT2D eigenvalue weighted by Crippen LogP contribution is 2.30. The van der Waals surface area contributed by atoms with Gasteiger partial charge < -0.3 is 14.8 Å². The van der Waals surface area contributed by atoms with Crippen molar-refractivity contribution in [2.75, 3.05) is 20.3 Å². The van der Waals surface area contributed by atoms with Gasteiger partial charge in [-0.2, -0.15) is 0 Å². The van der Waals surface area contributed by atoms with Gasteiger partial charge in [0, 0.05) is 24.2 Å². The maximum absolute atomic E-state index is 6.17. The van der Waals surface area contributed by atoms with Crippen LogP contribution in [0.5, 0.6) is 5.75 Å². The average molecular weight is 342 g/mol. The maximum atomic E-state index is 6.17. The summed E-state index contributed by atoms with van der Waals surface area (Å²) >= 11 is 3.53. The van der Waals surface area contributed by atoms with Crippen LogP contribution < -0.4 is 10.1 Å². The molecule has 0 spiro atoms. The van der Waals surface area contributed by atoms with Crippen molar-refractivity contribution < 1.29 is 9.47 Å². The van der Waals surface area contributed by atoms with Crippen molar-refractivity contribution >= 4 is 15.9 Å². The number of rotatable bonds is 8. The summed E-state index contributed by atoms with van der Waals surface area (Å²) in [6.45, 7) is 5.81. The summed E-state index contributed by atoms with van der Waals surface area (Å²) in [5, 5.41) is 3.51. The predicted molar refractivity (Wildman–Crippen MR) is 85.5 cm³/mol. The molecule has 0 aromatic heterocycles. The Morgan fingerprint density at radius 1 is 1.35 bits per heavy atom. The molecule has 1 atom stereocenters. The molecule has 1 unspecified atom stereocenters. The van der Waals surface area contributed by atoms with E-state index in [-0.39, 0.29) is 6.10 Å². The van der Waals surface area contributed by atoms with E-state index in [1.54, 1.807) is 7.11 Å².